The third kappa shape index (κ3) is 29.1. The van der Waals surface area contributed by atoms with Crippen molar-refractivity contribution < 1.29 is 84.9 Å². The fourth-order valence-electron chi connectivity index (χ4n) is 9.26. The van der Waals surface area contributed by atoms with Crippen LogP contribution in [-0.2, 0) is 89.9 Å². The van der Waals surface area contributed by atoms with Gasteiger partial charge in [-0.05, 0) is 38.5 Å². The Bertz CT molecular complexity index is 4050. The number of ether oxygens (including phenoxy) is 3. The second kappa shape index (κ2) is 43.2. The summed E-state index contributed by atoms with van der Waals surface area (Å²) in [5.41, 5.74) is 25.5. The lowest BCUT2D eigenvalue weighted by Gasteiger charge is -2.29. The van der Waals surface area contributed by atoms with Gasteiger partial charge < -0.3 is 110 Å². The highest BCUT2D eigenvalue weighted by molar-refractivity contribution is 8.77. The number of nitrogen functional groups attached to an aromatic ring is 3. The summed E-state index contributed by atoms with van der Waals surface area (Å²) >= 11 is 0. The number of hydrogen-bond donors (Lipinski definition) is 12. The van der Waals surface area contributed by atoms with Crippen molar-refractivity contribution >= 4 is 182 Å². The van der Waals surface area contributed by atoms with Crippen molar-refractivity contribution in [2.45, 2.75) is 137 Å². The minimum Gasteiger partial charge on any atom is -0.382 e. The number of rotatable bonds is 50. The summed E-state index contributed by atoms with van der Waals surface area (Å²) < 4.78 is 76.7. The van der Waals surface area contributed by atoms with Crippen LogP contribution in [0.4, 0.5) is 17.5 Å². The van der Waals surface area contributed by atoms with E-state index in [1.807, 2.05) is 0 Å². The van der Waals surface area contributed by atoms with Gasteiger partial charge in [-0.3, -0.25) is 37.7 Å². The fraction of sp³-hybridized carbons (Fsp3) is 0.632. The number of aromatic nitrogens is 12. The molecular weight excluding hydrogens is 1560 g/mol. The second-order valence-electron chi connectivity index (χ2n) is 24.9. The highest BCUT2D eigenvalue weighted by Gasteiger charge is 2.36. The van der Waals surface area contributed by atoms with Crippen molar-refractivity contribution in [1.29, 1.82) is 0 Å². The lowest BCUT2D eigenvalue weighted by atomic mass is 9.95. The Labute approximate surface area is 636 Å². The van der Waals surface area contributed by atoms with E-state index in [9.17, 15) is 57.1 Å². The molecule has 49 heteroatoms. The number of imidazole rings is 3. The zero-order chi connectivity index (χ0) is 78.1. The van der Waals surface area contributed by atoms with E-state index in [0.717, 1.165) is 64.8 Å². The normalized spacial score (nSPS) is 16.3. The molecule has 6 aromatic rings. The standard InChI is InChI=1S/C57H91BN21O18P3S6/c1-31(2)40(59)55(83)73-38(20-105-102-14-11-96-99(88,89)29-93-35(8)17-78-26-70-44-48(61)64-23-67-51(44)78)53(81)76-42(33(5)6)57(85)74-39(21-106-103-15-12-97-100(90,91)30-94-36(9)18-79-27-71-45-49(62)65-24-68-52(45)79)54(82)75-41(32(3)4)56(84)72-37(46(58)80)19-104-101-13-10-95-98(86,87)28-92-34(7)16-77-25-69-43-47(60)63-22-66-50(43)77/h22-27,31-42H,10-21,28-30,59H2,1-9H3,(H,72,84)(H,73,83)(H,74,85)(H,75,82)(H,76,81)(H,86,87)(H,88,89)(H,90,91)(H2,60,63,66)(H2,61,64,67)(H2,62,65,68)/t34-,35-,36-,37-,38-,39-,40-,41-,42-/m0/s1. The van der Waals surface area contributed by atoms with E-state index in [1.165, 1.54) is 38.0 Å². The van der Waals surface area contributed by atoms with Crippen molar-refractivity contribution in [3.05, 3.63) is 38.0 Å². The lowest BCUT2D eigenvalue weighted by Crippen LogP contribution is -2.61. The van der Waals surface area contributed by atoms with E-state index in [2.05, 4.69) is 71.4 Å². The first kappa shape index (κ1) is 89.4. The molecule has 6 heterocycles. The molecule has 0 fully saturated rings. The van der Waals surface area contributed by atoms with E-state index >= 15 is 0 Å². The first-order valence-electron chi connectivity index (χ1n) is 32.8. The average Bonchev–Trinajstić information content (AvgIpc) is 1.73. The number of carbonyl (C=O) groups is 6. The van der Waals surface area contributed by atoms with Gasteiger partial charge in [-0.15, -0.1) is 0 Å². The minimum absolute atomic E-state index is 0.0802. The number of carbonyl (C=O) groups excluding carboxylic acids is 6. The Morgan fingerprint density at radius 2 is 0.745 bits per heavy atom. The Morgan fingerprint density at radius 1 is 0.443 bits per heavy atom. The Hall–Kier alpha value is -5.48. The maximum Gasteiger partial charge on any atom is 0.353 e. The van der Waals surface area contributed by atoms with Crippen LogP contribution in [0.25, 0.3) is 33.5 Å². The van der Waals surface area contributed by atoms with E-state index in [0.29, 0.717) is 33.5 Å². The van der Waals surface area contributed by atoms with Gasteiger partial charge >= 0.3 is 22.8 Å². The first-order valence-corrected chi connectivity index (χ1v) is 45.6. The molecule has 0 bridgehead atoms. The van der Waals surface area contributed by atoms with Crippen LogP contribution >= 0.6 is 87.6 Å². The summed E-state index contributed by atoms with van der Waals surface area (Å²) in [7, 11) is -0.337. The third-order valence-electron chi connectivity index (χ3n) is 15.0. The van der Waals surface area contributed by atoms with Crippen LogP contribution in [0.2, 0.25) is 0 Å². The smallest absolute Gasteiger partial charge is 0.353 e. The molecule has 0 spiro atoms. The summed E-state index contributed by atoms with van der Waals surface area (Å²) in [6, 6.07) is -7.77. The Kier molecular flexibility index (Phi) is 36.5. The zero-order valence-corrected chi connectivity index (χ0v) is 67.1. The highest BCUT2D eigenvalue weighted by Crippen LogP contribution is 2.45. The van der Waals surface area contributed by atoms with Crippen LogP contribution in [0.15, 0.2) is 38.0 Å². The monoisotopic (exact) mass is 1650 g/mol. The first-order chi connectivity index (χ1) is 50.0. The van der Waals surface area contributed by atoms with Crippen molar-refractivity contribution in [2.75, 3.05) is 90.6 Å². The zero-order valence-electron chi connectivity index (χ0n) is 59.5. The van der Waals surface area contributed by atoms with Gasteiger partial charge in [-0.2, -0.15) is 0 Å². The topological polar surface area (TPSA) is 565 Å². The molecule has 0 saturated carbocycles. The van der Waals surface area contributed by atoms with Crippen molar-refractivity contribution in [2.24, 2.45) is 23.5 Å². The highest BCUT2D eigenvalue weighted by atomic mass is 33.1. The Balaban J connectivity index is 1.04. The summed E-state index contributed by atoms with van der Waals surface area (Å²) in [5, 5.41) is 13.4. The van der Waals surface area contributed by atoms with Gasteiger partial charge in [0.1, 0.15) is 78.7 Å². The van der Waals surface area contributed by atoms with Gasteiger partial charge in [0.15, 0.2) is 42.2 Å². The maximum absolute atomic E-state index is 14.6. The van der Waals surface area contributed by atoms with Gasteiger partial charge in [0.25, 0.3) is 0 Å². The second-order valence-corrected chi connectivity index (χ2v) is 38.1. The number of hydrogen-bond acceptors (Lipinski definition) is 34. The van der Waals surface area contributed by atoms with E-state index in [4.69, 9.17) is 58.6 Å². The molecule has 2 radical (unpaired) electrons. The molecule has 3 unspecified atom stereocenters. The largest absolute Gasteiger partial charge is 0.382 e. The summed E-state index contributed by atoms with van der Waals surface area (Å²) in [6.07, 6.45) is 4.72. The molecule has 12 atom stereocenters. The van der Waals surface area contributed by atoms with Gasteiger partial charge in [-0.1, -0.05) is 106 Å². The van der Waals surface area contributed by atoms with Gasteiger partial charge in [0, 0.05) is 34.5 Å². The number of nitrogens with two attached hydrogens (primary N) is 4. The number of amides is 5. The van der Waals surface area contributed by atoms with Crippen molar-refractivity contribution in [1.82, 2.24) is 85.1 Å². The molecule has 0 aromatic carbocycles. The van der Waals surface area contributed by atoms with Crippen molar-refractivity contribution in [3.63, 3.8) is 0 Å². The van der Waals surface area contributed by atoms with Gasteiger partial charge in [-0.25, -0.2) is 44.9 Å². The SMILES string of the molecule is [B]C(=O)[C@H](CSSCCOP(=O)(O)CO[C@@H](C)Cn1cnc2c(N)ncnc21)NC(=O)[C@@H](NC(=O)[C@H](CSSCCOP(=O)(O)CO[C@@H](C)Cn1cnc2c(N)ncnc21)NC(=O)[C@@H](NC(=O)[C@H](CSSCCOP(=O)(O)CO[C@@H](C)Cn1cnc2c(N)ncnc21)NC(=O)[C@@H](N)C(C)C)C(C)C)C(C)C. The molecule has 0 saturated heterocycles. The van der Waals surface area contributed by atoms with E-state index < -0.39 is 143 Å². The molecule has 0 aliphatic carbocycles. The summed E-state index contributed by atoms with van der Waals surface area (Å²) in [6.45, 7) is 15.0. The Morgan fingerprint density at radius 3 is 1.05 bits per heavy atom. The molecular formula is C57H91BN21O18P3S6. The number of nitrogens with zero attached hydrogens (tertiary/aromatic N) is 12. The third-order valence-corrected chi connectivity index (χ3v) is 25.3. The molecule has 39 nitrogen and oxygen atoms in total. The van der Waals surface area contributed by atoms with Crippen LogP contribution in [0.3, 0.4) is 0 Å². The van der Waals surface area contributed by atoms with Gasteiger partial charge in [0.2, 0.25) is 29.5 Å². The lowest BCUT2D eigenvalue weighted by molar-refractivity contribution is -0.135. The van der Waals surface area contributed by atoms with Crippen LogP contribution in [0.1, 0.15) is 62.3 Å². The molecule has 6 aromatic heterocycles. The van der Waals surface area contributed by atoms with Crippen molar-refractivity contribution in [3.8, 4) is 0 Å². The maximum atomic E-state index is 14.6. The quantitative estimate of drug-likeness (QED) is 0.0113. The number of nitrogens with one attached hydrogen (secondary N) is 5. The molecule has 0 aliphatic heterocycles. The van der Waals surface area contributed by atoms with E-state index in [1.54, 1.807) is 76.0 Å². The predicted molar refractivity (Wildman–Crippen MR) is 410 cm³/mol. The molecule has 0 aliphatic rings. The summed E-state index contributed by atoms with van der Waals surface area (Å²) in [4.78, 5) is 152. The van der Waals surface area contributed by atoms with Crippen LogP contribution in [0.5, 0.6) is 0 Å². The number of fused-ring (bicyclic) bond motifs is 3. The molecule has 106 heavy (non-hydrogen) atoms. The van der Waals surface area contributed by atoms with Gasteiger partial charge in [0.05, 0.1) is 94.5 Å². The number of anilines is 3. The minimum atomic E-state index is -4.31. The molecule has 16 N–H and O–H groups in total. The average molecular weight is 1650 g/mol. The predicted octanol–water partition coefficient (Wildman–Crippen LogP) is 2.51. The van der Waals surface area contributed by atoms with Crippen LogP contribution in [0, 0.1) is 17.8 Å². The fourth-order valence-corrected chi connectivity index (χ4v) is 18.3. The summed E-state index contributed by atoms with van der Waals surface area (Å²) in [5.74, 6) is -5.05. The molecule has 586 valence electrons. The molecule has 6 rings (SSSR count). The van der Waals surface area contributed by atoms with Crippen LogP contribution < -0.4 is 49.5 Å². The molecule has 5 amide bonds. The van der Waals surface area contributed by atoms with E-state index in [-0.39, 0.29) is 97.3 Å². The van der Waals surface area contributed by atoms with Crippen LogP contribution in [-0.4, -0.2) is 244 Å².